The van der Waals surface area contributed by atoms with Crippen molar-refractivity contribution in [2.24, 2.45) is 5.73 Å². The van der Waals surface area contributed by atoms with E-state index >= 15 is 0 Å². The van der Waals surface area contributed by atoms with Crippen LogP contribution in [0.15, 0.2) is 10.3 Å². The fourth-order valence-corrected chi connectivity index (χ4v) is 8.54. The van der Waals surface area contributed by atoms with E-state index < -0.39 is 42.3 Å². The van der Waals surface area contributed by atoms with E-state index in [0.29, 0.717) is 36.5 Å². The second-order valence-corrected chi connectivity index (χ2v) is 21.4. The second kappa shape index (κ2) is 23.6. The number of nitrogens with two attached hydrogens (primary N) is 1. The van der Waals surface area contributed by atoms with Crippen molar-refractivity contribution in [3.63, 3.8) is 0 Å². The van der Waals surface area contributed by atoms with Gasteiger partial charge in [-0.1, -0.05) is 76.9 Å². The highest BCUT2D eigenvalue weighted by Gasteiger charge is 2.40. The Morgan fingerprint density at radius 3 is 1.52 bits per heavy atom. The largest absolute Gasteiger partial charge is 0.363 e. The Hall–Kier alpha value is -4.32. The van der Waals surface area contributed by atoms with Crippen molar-refractivity contribution in [1.29, 1.82) is 0 Å². The van der Waals surface area contributed by atoms with Crippen LogP contribution in [-0.4, -0.2) is 165 Å². The first-order chi connectivity index (χ1) is 29.7. The number of ether oxygens (including phenoxy) is 2. The molecule has 0 aliphatic carbocycles. The van der Waals surface area contributed by atoms with E-state index in [1.165, 1.54) is 0 Å². The number of rotatable bonds is 19. The van der Waals surface area contributed by atoms with Gasteiger partial charge in [0.25, 0.3) is 0 Å². The van der Waals surface area contributed by atoms with Crippen LogP contribution in [0.1, 0.15) is 94.9 Å². The Morgan fingerprint density at radius 2 is 1.14 bits per heavy atom. The maximum absolute atomic E-state index is 14.1. The van der Waals surface area contributed by atoms with Crippen molar-refractivity contribution in [3.05, 3.63) is 0 Å². The Balaban J connectivity index is 1.36. The molecule has 20 nitrogen and oxygen atoms in total. The number of carbonyl (C=O) groups excluding carboxylic acids is 4. The van der Waals surface area contributed by atoms with Gasteiger partial charge in [0.05, 0.1) is 49.5 Å². The van der Waals surface area contributed by atoms with Crippen molar-refractivity contribution in [2.45, 2.75) is 176 Å². The van der Waals surface area contributed by atoms with Crippen LogP contribution in [0.2, 0.25) is 0 Å². The number of nitrogens with zero attached hydrogens (tertiary/aromatic N) is 10. The van der Waals surface area contributed by atoms with Crippen LogP contribution < -0.4 is 21.7 Å². The Labute approximate surface area is 379 Å². The molecule has 2 fully saturated rings. The topological polar surface area (TPSA) is 243 Å². The first-order valence-corrected chi connectivity index (χ1v) is 23.1. The maximum Gasteiger partial charge on any atom is 0.248 e. The van der Waals surface area contributed by atoms with Gasteiger partial charge in [-0.3, -0.25) is 19.2 Å². The molecule has 4 rings (SSSR count). The fourth-order valence-electron chi connectivity index (χ4n) is 6.86. The molecule has 0 aromatic carbocycles. The molecule has 0 saturated carbocycles. The third-order valence-corrected chi connectivity index (χ3v) is 12.4. The van der Waals surface area contributed by atoms with Crippen molar-refractivity contribution >= 4 is 47.2 Å². The molecule has 0 radical (unpaired) electrons. The van der Waals surface area contributed by atoms with Gasteiger partial charge in [-0.25, -0.2) is 9.36 Å². The summed E-state index contributed by atoms with van der Waals surface area (Å²) in [4.78, 5) is 57.6. The monoisotopic (exact) mass is 914 g/mol. The quantitative estimate of drug-likeness (QED) is 0.113. The zero-order chi connectivity index (χ0) is 46.5. The smallest absolute Gasteiger partial charge is 0.248 e. The molecule has 4 amide bonds. The average Bonchev–Trinajstić information content (AvgIpc) is 4.05. The van der Waals surface area contributed by atoms with E-state index in [0.717, 1.165) is 25.7 Å². The predicted molar refractivity (Wildman–Crippen MR) is 239 cm³/mol. The van der Waals surface area contributed by atoms with Gasteiger partial charge in [0.2, 0.25) is 33.9 Å². The highest BCUT2D eigenvalue weighted by molar-refractivity contribution is 8.00. The molecule has 2 aliphatic rings. The van der Waals surface area contributed by atoms with E-state index in [-0.39, 0.29) is 52.5 Å². The van der Waals surface area contributed by atoms with E-state index in [1.807, 2.05) is 0 Å². The summed E-state index contributed by atoms with van der Waals surface area (Å²) >= 11 is 3.10. The van der Waals surface area contributed by atoms with Crippen molar-refractivity contribution in [2.75, 3.05) is 33.4 Å². The standard InChI is InChI=1S/C41H66N14O6S2/c1-26(42)34(56)44-32(36(58)52-20-16-18-30(52)24-54-38(46-48-50-54)62-40(5,6)7)28(3)60-22-14-12-13-15-23-61-29(4)33(45-35(57)27(2)43-11)37(59)53-21-17-19-31(53)25-55-39(47-49-51-55)63-41(8,9)10/h26-33,43H,16-25,42H2,1-11H3,(H,44,56)(H,45,57)/t26-,27+,28+,29-,30-,31+,32-,33+/m1/s1. The first-order valence-electron chi connectivity index (χ1n) is 21.4. The van der Waals surface area contributed by atoms with Gasteiger partial charge in [0, 0.05) is 22.6 Å². The number of thioether (sulfide) groups is 2. The molecule has 0 unspecified atom stereocenters. The highest BCUT2D eigenvalue weighted by atomic mass is 32.2. The van der Waals surface area contributed by atoms with E-state index in [4.69, 9.17) is 15.2 Å². The number of carbonyl (C=O) groups is 4. The molecular weight excluding hydrogens is 849 g/mol. The van der Waals surface area contributed by atoms with Gasteiger partial charge in [-0.15, -0.1) is 10.2 Å². The first kappa shape index (κ1) is 51.3. The zero-order valence-corrected chi connectivity index (χ0v) is 40.1. The van der Waals surface area contributed by atoms with E-state index in [1.54, 1.807) is 77.4 Å². The maximum atomic E-state index is 14.1. The minimum Gasteiger partial charge on any atom is -0.363 e. The number of nitrogens with one attached hydrogen (secondary N) is 3. The third-order valence-electron chi connectivity index (χ3n) is 10.3. The van der Waals surface area contributed by atoms with Crippen LogP contribution in [0.3, 0.4) is 0 Å². The zero-order valence-electron chi connectivity index (χ0n) is 38.5. The molecule has 5 N–H and O–H groups in total. The highest BCUT2D eigenvalue weighted by Crippen LogP contribution is 2.32. The lowest BCUT2D eigenvalue weighted by Crippen LogP contribution is -2.58. The lowest BCUT2D eigenvalue weighted by molar-refractivity contribution is -0.141. The van der Waals surface area contributed by atoms with Crippen LogP contribution in [0, 0.1) is 23.7 Å². The molecular formula is C41H66N14O6S2. The van der Waals surface area contributed by atoms with Gasteiger partial charge < -0.3 is 41.0 Å². The normalized spacial score (nSPS) is 19.5. The molecule has 63 heavy (non-hydrogen) atoms. The minimum absolute atomic E-state index is 0.0618. The number of hydrogen-bond acceptors (Lipinski definition) is 16. The Kier molecular flexibility index (Phi) is 19.2. The minimum atomic E-state index is -1.02. The third kappa shape index (κ3) is 15.7. The molecule has 4 heterocycles. The van der Waals surface area contributed by atoms with Crippen molar-refractivity contribution < 1.29 is 28.7 Å². The van der Waals surface area contributed by atoms with Gasteiger partial charge in [-0.05, 0) is 93.1 Å². The lowest BCUT2D eigenvalue weighted by Gasteiger charge is -2.32. The summed E-state index contributed by atoms with van der Waals surface area (Å²) < 4.78 is 15.2. The summed E-state index contributed by atoms with van der Waals surface area (Å²) in [5, 5.41) is 34.4. The number of likely N-dealkylation sites (N-methyl/N-ethyl adjacent to an activating group) is 1. The van der Waals surface area contributed by atoms with Gasteiger partial charge in [-0.2, -0.15) is 0 Å². The molecule has 0 spiro atoms. The Morgan fingerprint density at radius 1 is 0.730 bits per heavy atom. The number of likely N-dealkylation sites (tertiary alicyclic amines) is 2. The van der Waals surface area contributed by atoms with Crippen molar-refractivity contribution in [3.8, 4) is 23.7 Å². The van der Waals surface area contributed by atoms with Crippen LogP contribution >= 0.6 is 23.5 Å². The number of tetrazole rings is 2. The fraction of sp³-hybridized carbons (Fsp3) is 0.756. The summed E-state index contributed by atoms with van der Waals surface area (Å²) in [5.41, 5.74) is 5.87. The van der Waals surface area contributed by atoms with Gasteiger partial charge in [0.15, 0.2) is 0 Å². The van der Waals surface area contributed by atoms with Gasteiger partial charge >= 0.3 is 0 Å². The van der Waals surface area contributed by atoms with Gasteiger partial charge in [0.1, 0.15) is 25.3 Å². The molecule has 2 aromatic heterocycles. The molecule has 0 bridgehead atoms. The SMILES string of the molecule is CN[C@@H](C)C(=O)N[C@H](C(=O)N1CCC[C@H]1Cn1nnnc1SC(C)(C)C)[C@@H](C)OCC#CC#CCO[C@@H](C)[C@@H](NC(=O)[C@@H](C)N)C(=O)N1CCC[C@@H]1Cn1nnnc1SC(C)(C)C. The second-order valence-electron chi connectivity index (χ2n) is 17.8. The number of aromatic nitrogens is 8. The summed E-state index contributed by atoms with van der Waals surface area (Å²) in [6, 6.07) is -3.73. The summed E-state index contributed by atoms with van der Waals surface area (Å²) in [6.45, 7) is 20.9. The molecule has 348 valence electrons. The lowest BCUT2D eigenvalue weighted by atomic mass is 10.1. The molecule has 2 aromatic rings. The molecule has 2 aliphatic heterocycles. The van der Waals surface area contributed by atoms with Crippen LogP contribution in [-0.2, 0) is 41.7 Å². The summed E-state index contributed by atoms with van der Waals surface area (Å²) in [6.07, 6.45) is 1.62. The van der Waals surface area contributed by atoms with Crippen LogP contribution in [0.5, 0.6) is 0 Å². The number of hydrogen-bond donors (Lipinski definition) is 4. The van der Waals surface area contributed by atoms with Crippen LogP contribution in [0.4, 0.5) is 0 Å². The Bertz CT molecular complexity index is 1980. The summed E-state index contributed by atoms with van der Waals surface area (Å²) in [7, 11) is 1.67. The summed E-state index contributed by atoms with van der Waals surface area (Å²) in [5.74, 6) is 9.77. The average molecular weight is 915 g/mol. The molecule has 22 heteroatoms. The van der Waals surface area contributed by atoms with E-state index in [9.17, 15) is 19.2 Å². The van der Waals surface area contributed by atoms with Crippen molar-refractivity contribution in [1.82, 2.24) is 66.2 Å². The molecule has 2 saturated heterocycles. The number of amides is 4. The molecule has 8 atom stereocenters. The van der Waals surface area contributed by atoms with Crippen LogP contribution in [0.25, 0.3) is 0 Å². The predicted octanol–water partition coefficient (Wildman–Crippen LogP) is 0.865. The van der Waals surface area contributed by atoms with E-state index in [2.05, 4.69) is 112 Å².